The third-order valence-electron chi connectivity index (χ3n) is 3.51. The number of hydrogen-bond donors (Lipinski definition) is 1. The van der Waals surface area contributed by atoms with Crippen LogP contribution in [0.1, 0.15) is 19.4 Å². The van der Waals surface area contributed by atoms with E-state index in [0.29, 0.717) is 12.0 Å². The molecule has 1 saturated heterocycles. The van der Waals surface area contributed by atoms with Crippen LogP contribution < -0.4 is 10.2 Å². The molecule has 94 valence electrons. The topological polar surface area (TPSA) is 15.3 Å². The van der Waals surface area contributed by atoms with Crippen molar-refractivity contribution in [1.82, 2.24) is 5.32 Å². The van der Waals surface area contributed by atoms with Gasteiger partial charge < -0.3 is 10.2 Å². The smallest absolute Gasteiger partial charge is 0.123 e. The fourth-order valence-electron chi connectivity index (χ4n) is 2.42. The van der Waals surface area contributed by atoms with Gasteiger partial charge >= 0.3 is 0 Å². The van der Waals surface area contributed by atoms with Crippen LogP contribution in [0, 0.1) is 18.7 Å². The number of piperazine rings is 1. The number of nitrogens with one attached hydrogen (secondary N) is 1. The number of rotatable bonds is 2. The van der Waals surface area contributed by atoms with E-state index in [1.807, 2.05) is 13.0 Å². The Morgan fingerprint density at radius 3 is 2.82 bits per heavy atom. The molecule has 0 saturated carbocycles. The first kappa shape index (κ1) is 12.4. The fourth-order valence-corrected chi connectivity index (χ4v) is 2.42. The Bertz CT molecular complexity index is 390. The molecule has 1 fully saturated rings. The fraction of sp³-hybridized carbons (Fsp3) is 0.571. The molecule has 0 amide bonds. The van der Waals surface area contributed by atoms with Crippen molar-refractivity contribution in [2.75, 3.05) is 24.5 Å². The van der Waals surface area contributed by atoms with Gasteiger partial charge in [0.1, 0.15) is 5.82 Å². The van der Waals surface area contributed by atoms with Crippen LogP contribution in [0.15, 0.2) is 18.2 Å². The number of aryl methyl sites for hydroxylation is 1. The highest BCUT2D eigenvalue weighted by atomic mass is 19.1. The van der Waals surface area contributed by atoms with Crippen LogP contribution in [0.5, 0.6) is 0 Å². The van der Waals surface area contributed by atoms with E-state index in [4.69, 9.17) is 0 Å². The minimum Gasteiger partial charge on any atom is -0.368 e. The second kappa shape index (κ2) is 5.05. The standard InChI is InChI=1S/C14H21FN2/c1-10(2)13-9-17(7-6-16-13)14-5-4-12(15)8-11(14)3/h4-5,8,10,13,16H,6-7,9H2,1-3H3. The Morgan fingerprint density at radius 2 is 2.18 bits per heavy atom. The largest absolute Gasteiger partial charge is 0.368 e. The third kappa shape index (κ3) is 2.78. The SMILES string of the molecule is Cc1cc(F)ccc1N1CCNC(C(C)C)C1. The lowest BCUT2D eigenvalue weighted by Gasteiger charge is -2.37. The Hall–Kier alpha value is -1.09. The van der Waals surface area contributed by atoms with Gasteiger partial charge in [0.05, 0.1) is 0 Å². The van der Waals surface area contributed by atoms with Crippen LogP contribution in [0.4, 0.5) is 10.1 Å². The van der Waals surface area contributed by atoms with Gasteiger partial charge in [-0.1, -0.05) is 13.8 Å². The highest BCUT2D eigenvalue weighted by Gasteiger charge is 2.22. The van der Waals surface area contributed by atoms with E-state index in [1.165, 1.54) is 5.69 Å². The highest BCUT2D eigenvalue weighted by molar-refractivity contribution is 5.53. The van der Waals surface area contributed by atoms with Gasteiger partial charge in [0.2, 0.25) is 0 Å². The Kier molecular flexibility index (Phi) is 3.67. The van der Waals surface area contributed by atoms with Gasteiger partial charge in [0.25, 0.3) is 0 Å². The second-order valence-corrected chi connectivity index (χ2v) is 5.18. The van der Waals surface area contributed by atoms with Crippen molar-refractivity contribution in [2.24, 2.45) is 5.92 Å². The molecule has 17 heavy (non-hydrogen) atoms. The summed E-state index contributed by atoms with van der Waals surface area (Å²) in [5.74, 6) is 0.473. The van der Waals surface area contributed by atoms with E-state index < -0.39 is 0 Å². The van der Waals surface area contributed by atoms with Gasteiger partial charge in [-0.2, -0.15) is 0 Å². The number of nitrogens with zero attached hydrogens (tertiary/aromatic N) is 1. The van der Waals surface area contributed by atoms with Crippen molar-refractivity contribution in [3.8, 4) is 0 Å². The van der Waals surface area contributed by atoms with E-state index in [9.17, 15) is 4.39 Å². The summed E-state index contributed by atoms with van der Waals surface area (Å²) in [6, 6.07) is 5.58. The van der Waals surface area contributed by atoms with Gasteiger partial charge in [-0.15, -0.1) is 0 Å². The van der Waals surface area contributed by atoms with Gasteiger partial charge in [0, 0.05) is 31.4 Å². The summed E-state index contributed by atoms with van der Waals surface area (Å²) in [6.07, 6.45) is 0. The van der Waals surface area contributed by atoms with Crippen LogP contribution in [-0.4, -0.2) is 25.7 Å². The number of hydrogen-bond acceptors (Lipinski definition) is 2. The lowest BCUT2D eigenvalue weighted by molar-refractivity contribution is 0.368. The van der Waals surface area contributed by atoms with Crippen LogP contribution in [0.2, 0.25) is 0 Å². The summed E-state index contributed by atoms with van der Waals surface area (Å²) in [7, 11) is 0. The average molecular weight is 236 g/mol. The summed E-state index contributed by atoms with van der Waals surface area (Å²) >= 11 is 0. The molecule has 1 heterocycles. The van der Waals surface area contributed by atoms with E-state index in [1.54, 1.807) is 12.1 Å². The van der Waals surface area contributed by atoms with Crippen LogP contribution >= 0.6 is 0 Å². The molecule has 0 aromatic heterocycles. The minimum atomic E-state index is -0.151. The van der Waals surface area contributed by atoms with Crippen molar-refractivity contribution in [3.05, 3.63) is 29.6 Å². The first-order valence-corrected chi connectivity index (χ1v) is 6.32. The van der Waals surface area contributed by atoms with Crippen molar-refractivity contribution in [1.29, 1.82) is 0 Å². The predicted octanol–water partition coefficient (Wildman–Crippen LogP) is 2.57. The molecule has 2 rings (SSSR count). The zero-order valence-electron chi connectivity index (χ0n) is 10.8. The lowest BCUT2D eigenvalue weighted by atomic mass is 10.0. The van der Waals surface area contributed by atoms with Gasteiger partial charge in [-0.05, 0) is 36.6 Å². The van der Waals surface area contributed by atoms with Crippen molar-refractivity contribution < 1.29 is 4.39 Å². The maximum Gasteiger partial charge on any atom is 0.123 e. The van der Waals surface area contributed by atoms with Gasteiger partial charge in [0.15, 0.2) is 0 Å². The van der Waals surface area contributed by atoms with E-state index in [-0.39, 0.29) is 5.82 Å². The summed E-state index contributed by atoms with van der Waals surface area (Å²) in [4.78, 5) is 2.36. The highest BCUT2D eigenvalue weighted by Crippen LogP contribution is 2.23. The van der Waals surface area contributed by atoms with E-state index in [2.05, 4.69) is 24.1 Å². The summed E-state index contributed by atoms with van der Waals surface area (Å²) < 4.78 is 13.1. The Morgan fingerprint density at radius 1 is 1.41 bits per heavy atom. The molecule has 1 aromatic rings. The maximum absolute atomic E-state index is 13.1. The maximum atomic E-state index is 13.1. The first-order chi connectivity index (χ1) is 8.08. The molecule has 1 N–H and O–H groups in total. The van der Waals surface area contributed by atoms with E-state index >= 15 is 0 Å². The molecule has 1 aromatic carbocycles. The van der Waals surface area contributed by atoms with Gasteiger partial charge in [-0.25, -0.2) is 4.39 Å². The number of halogens is 1. The Labute approximate surface area is 103 Å². The zero-order chi connectivity index (χ0) is 12.4. The quantitative estimate of drug-likeness (QED) is 0.849. The van der Waals surface area contributed by atoms with Crippen LogP contribution in [0.25, 0.3) is 0 Å². The molecular formula is C14H21FN2. The molecule has 0 radical (unpaired) electrons. The molecule has 1 atom stereocenters. The molecular weight excluding hydrogens is 215 g/mol. The van der Waals surface area contributed by atoms with Gasteiger partial charge in [-0.3, -0.25) is 0 Å². The lowest BCUT2D eigenvalue weighted by Crippen LogP contribution is -2.53. The molecule has 1 aliphatic heterocycles. The molecule has 0 spiro atoms. The average Bonchev–Trinajstić information content (AvgIpc) is 2.29. The molecule has 2 nitrogen and oxygen atoms in total. The summed E-state index contributed by atoms with van der Waals surface area (Å²) in [5, 5.41) is 3.53. The first-order valence-electron chi connectivity index (χ1n) is 6.32. The molecule has 0 aliphatic carbocycles. The molecule has 0 bridgehead atoms. The molecule has 1 unspecified atom stereocenters. The monoisotopic (exact) mass is 236 g/mol. The predicted molar refractivity (Wildman–Crippen MR) is 70.0 cm³/mol. The third-order valence-corrected chi connectivity index (χ3v) is 3.51. The molecule has 3 heteroatoms. The van der Waals surface area contributed by atoms with Crippen LogP contribution in [-0.2, 0) is 0 Å². The van der Waals surface area contributed by atoms with Crippen molar-refractivity contribution in [3.63, 3.8) is 0 Å². The normalized spacial score (nSPS) is 21.0. The number of anilines is 1. The molecule has 1 aliphatic rings. The van der Waals surface area contributed by atoms with Crippen molar-refractivity contribution in [2.45, 2.75) is 26.8 Å². The summed E-state index contributed by atoms with van der Waals surface area (Å²) in [5.41, 5.74) is 2.19. The second-order valence-electron chi connectivity index (χ2n) is 5.18. The minimum absolute atomic E-state index is 0.151. The summed E-state index contributed by atoms with van der Waals surface area (Å²) in [6.45, 7) is 9.45. The van der Waals surface area contributed by atoms with Crippen LogP contribution in [0.3, 0.4) is 0 Å². The Balaban J connectivity index is 2.16. The number of benzene rings is 1. The van der Waals surface area contributed by atoms with E-state index in [0.717, 1.165) is 25.2 Å². The van der Waals surface area contributed by atoms with Crippen molar-refractivity contribution >= 4 is 5.69 Å². The zero-order valence-corrected chi connectivity index (χ0v) is 10.8.